The molecule has 0 radical (unpaired) electrons. The van der Waals surface area contributed by atoms with Gasteiger partial charge in [0, 0.05) is 13.6 Å². The SMILES string of the molecule is CCCNCCCCS(=O)(=O)N(C)CC1CC2CCC1C2. The average molecular weight is 317 g/mol. The van der Waals surface area contributed by atoms with Gasteiger partial charge in [0.05, 0.1) is 5.75 Å². The Labute approximate surface area is 130 Å². The third-order valence-corrected chi connectivity index (χ3v) is 7.19. The second kappa shape index (κ2) is 7.93. The zero-order valence-corrected chi connectivity index (χ0v) is 14.5. The summed E-state index contributed by atoms with van der Waals surface area (Å²) >= 11 is 0. The normalized spacial score (nSPS) is 28.6. The van der Waals surface area contributed by atoms with Gasteiger partial charge in [-0.05, 0) is 69.4 Å². The quantitative estimate of drug-likeness (QED) is 0.630. The van der Waals surface area contributed by atoms with Gasteiger partial charge >= 0.3 is 0 Å². The van der Waals surface area contributed by atoms with Crippen LogP contribution in [0.15, 0.2) is 0 Å². The van der Waals surface area contributed by atoms with Crippen LogP contribution in [0.3, 0.4) is 0 Å². The van der Waals surface area contributed by atoms with Crippen molar-refractivity contribution in [3.63, 3.8) is 0 Å². The van der Waals surface area contributed by atoms with Crippen molar-refractivity contribution in [2.24, 2.45) is 17.8 Å². The lowest BCUT2D eigenvalue weighted by Crippen LogP contribution is -2.35. The van der Waals surface area contributed by atoms with Crippen molar-refractivity contribution in [1.29, 1.82) is 0 Å². The second-order valence-electron chi connectivity index (χ2n) is 6.99. The summed E-state index contributed by atoms with van der Waals surface area (Å²) in [5.74, 6) is 2.61. The molecule has 0 aromatic rings. The highest BCUT2D eigenvalue weighted by Gasteiger charge is 2.40. The van der Waals surface area contributed by atoms with E-state index < -0.39 is 10.0 Å². The molecule has 0 aliphatic heterocycles. The van der Waals surface area contributed by atoms with Gasteiger partial charge in [-0.1, -0.05) is 13.3 Å². The first-order chi connectivity index (χ1) is 10.0. The summed E-state index contributed by atoms with van der Waals surface area (Å²) in [6.07, 6.45) is 8.15. The van der Waals surface area contributed by atoms with Crippen LogP contribution in [0.5, 0.6) is 0 Å². The van der Waals surface area contributed by atoms with E-state index in [1.165, 1.54) is 25.7 Å². The van der Waals surface area contributed by atoms with E-state index in [0.717, 1.165) is 50.7 Å². The molecule has 2 fully saturated rings. The number of rotatable bonds is 10. The molecular formula is C16H32N2O2S. The Bertz CT molecular complexity index is 411. The Hall–Kier alpha value is -0.130. The van der Waals surface area contributed by atoms with Crippen molar-refractivity contribution in [2.45, 2.75) is 51.9 Å². The van der Waals surface area contributed by atoms with Gasteiger partial charge in [-0.3, -0.25) is 0 Å². The maximum absolute atomic E-state index is 12.3. The van der Waals surface area contributed by atoms with E-state index in [2.05, 4.69) is 12.2 Å². The molecular weight excluding hydrogens is 284 g/mol. The zero-order chi connectivity index (χ0) is 15.3. The van der Waals surface area contributed by atoms with Crippen LogP contribution in [-0.2, 0) is 10.0 Å². The van der Waals surface area contributed by atoms with Gasteiger partial charge in [0.1, 0.15) is 0 Å². The maximum Gasteiger partial charge on any atom is 0.213 e. The van der Waals surface area contributed by atoms with Crippen LogP contribution in [0.25, 0.3) is 0 Å². The minimum Gasteiger partial charge on any atom is -0.317 e. The topological polar surface area (TPSA) is 49.4 Å². The van der Waals surface area contributed by atoms with Crippen LogP contribution in [0.2, 0.25) is 0 Å². The minimum absolute atomic E-state index is 0.304. The van der Waals surface area contributed by atoms with Gasteiger partial charge in [0.2, 0.25) is 10.0 Å². The van der Waals surface area contributed by atoms with Crippen LogP contribution in [0.4, 0.5) is 0 Å². The first-order valence-corrected chi connectivity index (χ1v) is 10.3. The van der Waals surface area contributed by atoms with Crippen molar-refractivity contribution in [2.75, 3.05) is 32.4 Å². The standard InChI is InChI=1S/C16H32N2O2S/c1-3-8-17-9-4-5-10-21(19,20)18(2)13-16-12-14-6-7-15(16)11-14/h14-17H,3-13H2,1-2H3. The van der Waals surface area contributed by atoms with Crippen molar-refractivity contribution in [3.05, 3.63) is 0 Å². The molecule has 3 atom stereocenters. The Kier molecular flexibility index (Phi) is 6.51. The largest absolute Gasteiger partial charge is 0.317 e. The lowest BCUT2D eigenvalue weighted by atomic mass is 9.89. The van der Waals surface area contributed by atoms with Crippen LogP contribution in [-0.4, -0.2) is 45.2 Å². The molecule has 2 rings (SSSR count). The van der Waals surface area contributed by atoms with E-state index >= 15 is 0 Å². The predicted molar refractivity (Wildman–Crippen MR) is 87.7 cm³/mol. The Balaban J connectivity index is 1.66. The molecule has 2 aliphatic rings. The van der Waals surface area contributed by atoms with E-state index in [0.29, 0.717) is 11.7 Å². The van der Waals surface area contributed by atoms with Crippen LogP contribution in [0.1, 0.15) is 51.9 Å². The summed E-state index contributed by atoms with van der Waals surface area (Å²) in [4.78, 5) is 0. The summed E-state index contributed by atoms with van der Waals surface area (Å²) in [5.41, 5.74) is 0. The summed E-state index contributed by atoms with van der Waals surface area (Å²) in [5, 5.41) is 3.32. The van der Waals surface area contributed by atoms with Gasteiger partial charge in [-0.25, -0.2) is 12.7 Å². The molecule has 0 saturated heterocycles. The lowest BCUT2D eigenvalue weighted by Gasteiger charge is -2.26. The van der Waals surface area contributed by atoms with Crippen molar-refractivity contribution in [1.82, 2.24) is 9.62 Å². The van der Waals surface area contributed by atoms with E-state index in [1.807, 2.05) is 0 Å². The highest BCUT2D eigenvalue weighted by atomic mass is 32.2. The fourth-order valence-corrected chi connectivity index (χ4v) is 5.34. The van der Waals surface area contributed by atoms with Crippen molar-refractivity contribution < 1.29 is 8.42 Å². The van der Waals surface area contributed by atoms with Gasteiger partial charge in [-0.15, -0.1) is 0 Å². The molecule has 0 spiro atoms. The molecule has 21 heavy (non-hydrogen) atoms. The minimum atomic E-state index is -3.05. The van der Waals surface area contributed by atoms with Crippen LogP contribution < -0.4 is 5.32 Å². The molecule has 3 unspecified atom stereocenters. The van der Waals surface area contributed by atoms with E-state index in [-0.39, 0.29) is 0 Å². The Morgan fingerprint density at radius 3 is 2.57 bits per heavy atom. The third kappa shape index (κ3) is 4.93. The molecule has 124 valence electrons. The fourth-order valence-electron chi connectivity index (χ4n) is 4.04. The van der Waals surface area contributed by atoms with Gasteiger partial charge in [0.15, 0.2) is 0 Å². The van der Waals surface area contributed by atoms with Crippen molar-refractivity contribution >= 4 is 10.0 Å². The smallest absolute Gasteiger partial charge is 0.213 e. The molecule has 2 saturated carbocycles. The predicted octanol–water partition coefficient (Wildman–Crippen LogP) is 2.46. The first-order valence-electron chi connectivity index (χ1n) is 8.67. The van der Waals surface area contributed by atoms with E-state index in [9.17, 15) is 8.42 Å². The first kappa shape index (κ1) is 17.2. The van der Waals surface area contributed by atoms with Gasteiger partial charge in [-0.2, -0.15) is 0 Å². The average Bonchev–Trinajstić information content (AvgIpc) is 3.05. The van der Waals surface area contributed by atoms with Crippen LogP contribution in [0, 0.1) is 17.8 Å². The van der Waals surface area contributed by atoms with Crippen molar-refractivity contribution in [3.8, 4) is 0 Å². The number of nitrogens with zero attached hydrogens (tertiary/aromatic N) is 1. The zero-order valence-electron chi connectivity index (χ0n) is 13.7. The maximum atomic E-state index is 12.3. The number of hydrogen-bond acceptors (Lipinski definition) is 3. The summed E-state index contributed by atoms with van der Waals surface area (Å²) in [6.45, 7) is 4.84. The molecule has 0 aromatic heterocycles. The van der Waals surface area contributed by atoms with E-state index in [1.54, 1.807) is 11.4 Å². The molecule has 1 N–H and O–H groups in total. The monoisotopic (exact) mass is 316 g/mol. The summed E-state index contributed by atoms with van der Waals surface area (Å²) in [6, 6.07) is 0. The molecule has 4 nitrogen and oxygen atoms in total. The molecule has 5 heteroatoms. The summed E-state index contributed by atoms with van der Waals surface area (Å²) in [7, 11) is -1.28. The highest BCUT2D eigenvalue weighted by Crippen LogP contribution is 2.48. The number of hydrogen-bond donors (Lipinski definition) is 1. The van der Waals surface area contributed by atoms with Gasteiger partial charge < -0.3 is 5.32 Å². The highest BCUT2D eigenvalue weighted by molar-refractivity contribution is 7.89. The lowest BCUT2D eigenvalue weighted by molar-refractivity contribution is 0.280. The number of unbranched alkanes of at least 4 members (excludes halogenated alkanes) is 1. The number of sulfonamides is 1. The van der Waals surface area contributed by atoms with Gasteiger partial charge in [0.25, 0.3) is 0 Å². The van der Waals surface area contributed by atoms with Crippen LogP contribution >= 0.6 is 0 Å². The number of nitrogens with one attached hydrogen (secondary N) is 1. The Morgan fingerprint density at radius 1 is 1.14 bits per heavy atom. The second-order valence-corrected chi connectivity index (χ2v) is 9.18. The molecule has 2 bridgehead atoms. The molecule has 0 aromatic carbocycles. The molecule has 2 aliphatic carbocycles. The number of fused-ring (bicyclic) bond motifs is 2. The summed E-state index contributed by atoms with van der Waals surface area (Å²) < 4.78 is 26.3. The Morgan fingerprint density at radius 2 is 1.95 bits per heavy atom. The fraction of sp³-hybridized carbons (Fsp3) is 1.00. The third-order valence-electron chi connectivity index (χ3n) is 5.28. The molecule has 0 amide bonds. The van der Waals surface area contributed by atoms with E-state index in [4.69, 9.17) is 0 Å². The molecule has 0 heterocycles.